The summed E-state index contributed by atoms with van der Waals surface area (Å²) in [5.74, 6) is 1.23. The van der Waals surface area contributed by atoms with Gasteiger partial charge in [-0.25, -0.2) is 0 Å². The van der Waals surface area contributed by atoms with Crippen molar-refractivity contribution >= 4 is 17.4 Å². The van der Waals surface area contributed by atoms with Crippen LogP contribution in [0, 0.1) is 5.92 Å². The average Bonchev–Trinajstić information content (AvgIpc) is 2.84. The Morgan fingerprint density at radius 3 is 3.00 bits per heavy atom. The summed E-state index contributed by atoms with van der Waals surface area (Å²) >= 11 is 1.71. The van der Waals surface area contributed by atoms with Gasteiger partial charge in [-0.05, 0) is 17.4 Å². The number of aromatic nitrogens is 2. The first-order chi connectivity index (χ1) is 7.74. The van der Waals surface area contributed by atoms with Crippen LogP contribution in [0.1, 0.15) is 24.6 Å². The van der Waals surface area contributed by atoms with E-state index >= 15 is 0 Å². The molecule has 0 atom stereocenters. The van der Waals surface area contributed by atoms with Crippen LogP contribution in [-0.4, -0.2) is 10.2 Å². The van der Waals surface area contributed by atoms with Gasteiger partial charge in [-0.15, -0.1) is 16.4 Å². The molecule has 0 unspecified atom stereocenters. The normalized spacial score (nSPS) is 10.9. The Kier molecular flexibility index (Phi) is 3.56. The molecule has 0 aliphatic carbocycles. The zero-order chi connectivity index (χ0) is 11.4. The molecule has 0 bridgehead atoms. The van der Waals surface area contributed by atoms with Gasteiger partial charge in [-0.3, -0.25) is 0 Å². The maximum Gasteiger partial charge on any atom is 0.315 e. The van der Waals surface area contributed by atoms with Crippen molar-refractivity contribution < 1.29 is 4.42 Å². The molecule has 0 saturated carbocycles. The topological polar surface area (TPSA) is 51.0 Å². The molecule has 4 nitrogen and oxygen atoms in total. The second-order valence-corrected chi connectivity index (χ2v) is 5.06. The van der Waals surface area contributed by atoms with Crippen molar-refractivity contribution in [2.75, 3.05) is 5.32 Å². The van der Waals surface area contributed by atoms with Crippen LogP contribution < -0.4 is 5.32 Å². The lowest BCUT2D eigenvalue weighted by molar-refractivity contribution is 0.466. The molecule has 2 rings (SSSR count). The molecular formula is C11H15N3OS. The zero-order valence-electron chi connectivity index (χ0n) is 9.43. The minimum absolute atomic E-state index is 0.504. The third-order valence-corrected chi connectivity index (χ3v) is 2.92. The van der Waals surface area contributed by atoms with Gasteiger partial charge in [-0.2, -0.15) is 0 Å². The summed E-state index contributed by atoms with van der Waals surface area (Å²) in [5, 5.41) is 13.1. The Bertz CT molecular complexity index is 422. The highest BCUT2D eigenvalue weighted by Crippen LogP contribution is 2.13. The van der Waals surface area contributed by atoms with Crippen molar-refractivity contribution in [1.82, 2.24) is 10.2 Å². The van der Waals surface area contributed by atoms with Gasteiger partial charge in [-0.1, -0.05) is 25.0 Å². The highest BCUT2D eigenvalue weighted by Gasteiger charge is 2.07. The van der Waals surface area contributed by atoms with Crippen LogP contribution in [0.4, 0.5) is 6.01 Å². The molecule has 2 aromatic heterocycles. The molecule has 16 heavy (non-hydrogen) atoms. The maximum atomic E-state index is 5.46. The van der Waals surface area contributed by atoms with Gasteiger partial charge in [0.25, 0.3) is 0 Å². The number of nitrogens with zero attached hydrogens (tertiary/aromatic N) is 2. The average molecular weight is 237 g/mol. The molecular weight excluding hydrogens is 222 g/mol. The minimum Gasteiger partial charge on any atom is -0.408 e. The zero-order valence-corrected chi connectivity index (χ0v) is 10.3. The van der Waals surface area contributed by atoms with E-state index in [-0.39, 0.29) is 0 Å². The lowest BCUT2D eigenvalue weighted by Crippen LogP contribution is -1.97. The molecule has 0 amide bonds. The molecule has 2 aromatic rings. The van der Waals surface area contributed by atoms with Gasteiger partial charge in [0.2, 0.25) is 5.89 Å². The Hall–Kier alpha value is -1.36. The van der Waals surface area contributed by atoms with Gasteiger partial charge >= 0.3 is 6.01 Å². The third kappa shape index (κ3) is 3.06. The van der Waals surface area contributed by atoms with Crippen molar-refractivity contribution in [3.8, 4) is 0 Å². The van der Waals surface area contributed by atoms with Crippen LogP contribution in [0.5, 0.6) is 0 Å². The van der Waals surface area contributed by atoms with E-state index in [0.717, 1.165) is 13.0 Å². The number of thiophene rings is 1. The van der Waals surface area contributed by atoms with Crippen molar-refractivity contribution in [3.05, 3.63) is 28.3 Å². The summed E-state index contributed by atoms with van der Waals surface area (Å²) in [6.45, 7) is 4.99. The number of rotatable bonds is 5. The second kappa shape index (κ2) is 5.12. The molecule has 1 N–H and O–H groups in total. The first-order valence-electron chi connectivity index (χ1n) is 5.32. The quantitative estimate of drug-likeness (QED) is 0.868. The molecule has 2 heterocycles. The first kappa shape index (κ1) is 11.1. The van der Waals surface area contributed by atoms with Crippen LogP contribution in [-0.2, 0) is 13.0 Å². The van der Waals surface area contributed by atoms with Crippen LogP contribution in [0.15, 0.2) is 21.9 Å². The third-order valence-electron chi connectivity index (χ3n) is 2.04. The van der Waals surface area contributed by atoms with Crippen LogP contribution in [0.3, 0.4) is 0 Å². The lowest BCUT2D eigenvalue weighted by Gasteiger charge is -1.98. The summed E-state index contributed by atoms with van der Waals surface area (Å²) in [7, 11) is 0. The predicted octanol–water partition coefficient (Wildman–Crippen LogP) is 2.94. The highest BCUT2D eigenvalue weighted by molar-refractivity contribution is 7.09. The summed E-state index contributed by atoms with van der Waals surface area (Å²) in [6, 6.07) is 4.60. The smallest absolute Gasteiger partial charge is 0.315 e. The fourth-order valence-electron chi connectivity index (χ4n) is 1.33. The fourth-order valence-corrected chi connectivity index (χ4v) is 1.98. The Morgan fingerprint density at radius 1 is 1.44 bits per heavy atom. The number of hydrogen-bond acceptors (Lipinski definition) is 5. The molecule has 0 radical (unpaired) electrons. The maximum absolute atomic E-state index is 5.46. The number of hydrogen-bond donors (Lipinski definition) is 1. The van der Waals surface area contributed by atoms with Crippen molar-refractivity contribution in [2.24, 2.45) is 5.92 Å². The minimum atomic E-state index is 0.504. The number of anilines is 1. The summed E-state index contributed by atoms with van der Waals surface area (Å²) in [4.78, 5) is 1.25. The predicted molar refractivity (Wildman–Crippen MR) is 64.5 cm³/mol. The molecule has 0 aliphatic rings. The highest BCUT2D eigenvalue weighted by atomic mass is 32.1. The van der Waals surface area contributed by atoms with Crippen LogP contribution in [0.25, 0.3) is 0 Å². The van der Waals surface area contributed by atoms with Gasteiger partial charge in [0.05, 0.1) is 6.54 Å². The summed E-state index contributed by atoms with van der Waals surface area (Å²) in [5.41, 5.74) is 0. The molecule has 0 aliphatic heterocycles. The molecule has 0 spiro atoms. The largest absolute Gasteiger partial charge is 0.408 e. The van der Waals surface area contributed by atoms with E-state index in [9.17, 15) is 0 Å². The van der Waals surface area contributed by atoms with E-state index in [1.165, 1.54) is 4.88 Å². The van der Waals surface area contributed by atoms with Crippen LogP contribution >= 0.6 is 11.3 Å². The van der Waals surface area contributed by atoms with Crippen molar-refractivity contribution in [3.63, 3.8) is 0 Å². The molecule has 0 fully saturated rings. The van der Waals surface area contributed by atoms with E-state index in [1.807, 2.05) is 6.07 Å². The standard InChI is InChI=1S/C11H15N3OS/c1-8(2)6-10-13-14-11(15-10)12-7-9-4-3-5-16-9/h3-5,8H,6-7H2,1-2H3,(H,12,14). The van der Waals surface area contributed by atoms with Gasteiger partial charge in [0.1, 0.15) is 0 Å². The SMILES string of the molecule is CC(C)Cc1nnc(NCc2cccs2)o1. The lowest BCUT2D eigenvalue weighted by atomic mass is 10.1. The van der Waals surface area contributed by atoms with Crippen LogP contribution in [0.2, 0.25) is 0 Å². The van der Waals surface area contributed by atoms with E-state index in [1.54, 1.807) is 11.3 Å². The molecule has 0 saturated heterocycles. The second-order valence-electron chi connectivity index (χ2n) is 4.03. The molecule has 86 valence electrons. The van der Waals surface area contributed by atoms with E-state index < -0.39 is 0 Å². The Labute approximate surface area is 98.7 Å². The van der Waals surface area contributed by atoms with E-state index in [4.69, 9.17) is 4.42 Å². The van der Waals surface area contributed by atoms with Crippen molar-refractivity contribution in [1.29, 1.82) is 0 Å². The number of nitrogens with one attached hydrogen (secondary N) is 1. The van der Waals surface area contributed by atoms with E-state index in [2.05, 4.69) is 40.8 Å². The summed E-state index contributed by atoms with van der Waals surface area (Å²) in [6.07, 6.45) is 0.827. The van der Waals surface area contributed by atoms with Gasteiger partial charge in [0.15, 0.2) is 0 Å². The summed E-state index contributed by atoms with van der Waals surface area (Å²) < 4.78 is 5.46. The van der Waals surface area contributed by atoms with Gasteiger partial charge in [0, 0.05) is 11.3 Å². The monoisotopic (exact) mass is 237 g/mol. The fraction of sp³-hybridized carbons (Fsp3) is 0.455. The first-order valence-corrected chi connectivity index (χ1v) is 6.20. The molecule has 5 heteroatoms. The van der Waals surface area contributed by atoms with E-state index in [0.29, 0.717) is 17.8 Å². The Morgan fingerprint density at radius 2 is 2.31 bits per heavy atom. The Balaban J connectivity index is 1.88. The van der Waals surface area contributed by atoms with Crippen molar-refractivity contribution in [2.45, 2.75) is 26.8 Å². The van der Waals surface area contributed by atoms with Gasteiger partial charge < -0.3 is 9.73 Å². The molecule has 0 aromatic carbocycles.